The van der Waals surface area contributed by atoms with E-state index >= 15 is 0 Å². The summed E-state index contributed by atoms with van der Waals surface area (Å²) in [5.74, 6) is -0.495. The number of allylic oxidation sites excluding steroid dienone is 1. The van der Waals surface area contributed by atoms with Crippen molar-refractivity contribution in [3.8, 4) is 0 Å². The van der Waals surface area contributed by atoms with Crippen LogP contribution in [0.4, 0.5) is 4.39 Å². The van der Waals surface area contributed by atoms with Gasteiger partial charge in [0.2, 0.25) is 5.83 Å². The molecule has 1 N–H and O–H groups in total. The number of rotatable bonds is 2. The minimum atomic E-state index is -1.46. The number of thioether (sulfide) groups is 1. The zero-order valence-electron chi connectivity index (χ0n) is 5.92. The molecule has 1 aliphatic heterocycles. The van der Waals surface area contributed by atoms with E-state index in [9.17, 15) is 9.18 Å². The second kappa shape index (κ2) is 3.76. The van der Waals surface area contributed by atoms with E-state index in [-0.39, 0.29) is 5.92 Å². The van der Waals surface area contributed by atoms with Crippen LogP contribution in [-0.4, -0.2) is 22.6 Å². The van der Waals surface area contributed by atoms with Crippen LogP contribution in [0.1, 0.15) is 6.42 Å². The first-order valence-corrected chi connectivity index (χ1v) is 4.54. The summed E-state index contributed by atoms with van der Waals surface area (Å²) >= 11 is 1.73. The molecule has 1 aliphatic rings. The van der Waals surface area contributed by atoms with E-state index < -0.39 is 11.8 Å². The summed E-state index contributed by atoms with van der Waals surface area (Å²) in [6, 6.07) is 0. The molecule has 0 aliphatic carbocycles. The molecule has 0 aromatic rings. The average Bonchev–Trinajstić information content (AvgIpc) is 2.39. The highest BCUT2D eigenvalue weighted by Crippen LogP contribution is 2.25. The average molecular weight is 176 g/mol. The second-order valence-corrected chi connectivity index (χ2v) is 3.59. The van der Waals surface area contributed by atoms with Crippen molar-refractivity contribution in [2.45, 2.75) is 6.42 Å². The van der Waals surface area contributed by atoms with Crippen LogP contribution in [0.2, 0.25) is 0 Å². The van der Waals surface area contributed by atoms with Gasteiger partial charge < -0.3 is 5.11 Å². The molecular formula is C7H9FO2S. The van der Waals surface area contributed by atoms with Crippen LogP contribution in [0.25, 0.3) is 0 Å². The molecule has 2 nitrogen and oxygen atoms in total. The van der Waals surface area contributed by atoms with Gasteiger partial charge in [-0.15, -0.1) is 0 Å². The molecule has 4 heteroatoms. The van der Waals surface area contributed by atoms with Crippen LogP contribution in [0.15, 0.2) is 11.9 Å². The molecule has 1 unspecified atom stereocenters. The number of hydrogen-bond acceptors (Lipinski definition) is 2. The molecule has 11 heavy (non-hydrogen) atoms. The third-order valence-electron chi connectivity index (χ3n) is 1.55. The largest absolute Gasteiger partial charge is 0.476 e. The summed E-state index contributed by atoms with van der Waals surface area (Å²) in [6.07, 6.45) is 2.10. The van der Waals surface area contributed by atoms with Crippen molar-refractivity contribution in [1.82, 2.24) is 0 Å². The van der Waals surface area contributed by atoms with Crippen molar-refractivity contribution in [2.24, 2.45) is 5.92 Å². The van der Waals surface area contributed by atoms with Crippen LogP contribution in [0, 0.1) is 5.92 Å². The molecule has 0 bridgehead atoms. The Morgan fingerprint density at radius 3 is 2.91 bits per heavy atom. The molecule has 0 saturated carbocycles. The lowest BCUT2D eigenvalue weighted by Gasteiger charge is -1.98. The maximum absolute atomic E-state index is 12.4. The molecule has 1 atom stereocenters. The Hall–Kier alpha value is -0.510. The van der Waals surface area contributed by atoms with Crippen LogP contribution in [0.5, 0.6) is 0 Å². The minimum absolute atomic E-state index is 0.121. The normalized spacial score (nSPS) is 25.5. The van der Waals surface area contributed by atoms with Crippen molar-refractivity contribution in [1.29, 1.82) is 0 Å². The smallest absolute Gasteiger partial charge is 0.364 e. The van der Waals surface area contributed by atoms with Crippen LogP contribution < -0.4 is 0 Å². The van der Waals surface area contributed by atoms with Crippen molar-refractivity contribution >= 4 is 17.7 Å². The number of hydrogen-bond donors (Lipinski definition) is 1. The van der Waals surface area contributed by atoms with Gasteiger partial charge >= 0.3 is 5.97 Å². The molecule has 1 heterocycles. The third kappa shape index (κ3) is 2.54. The van der Waals surface area contributed by atoms with Gasteiger partial charge in [0.1, 0.15) is 0 Å². The lowest BCUT2D eigenvalue weighted by atomic mass is 10.1. The van der Waals surface area contributed by atoms with Crippen molar-refractivity contribution in [3.63, 3.8) is 0 Å². The standard InChI is InChI=1S/C7H9FO2S/c8-6(7(9)10)3-5-1-2-11-4-5/h3,5H,1-2,4H2,(H,9,10). The number of aliphatic carboxylic acids is 1. The maximum Gasteiger partial charge on any atom is 0.364 e. The zero-order valence-corrected chi connectivity index (χ0v) is 6.73. The second-order valence-electron chi connectivity index (χ2n) is 2.44. The van der Waals surface area contributed by atoms with Gasteiger partial charge in [-0.05, 0) is 29.9 Å². The van der Waals surface area contributed by atoms with E-state index in [2.05, 4.69) is 0 Å². The summed E-state index contributed by atoms with van der Waals surface area (Å²) in [5, 5.41) is 8.19. The first-order valence-electron chi connectivity index (χ1n) is 3.38. The zero-order chi connectivity index (χ0) is 8.27. The van der Waals surface area contributed by atoms with Gasteiger partial charge in [-0.2, -0.15) is 16.2 Å². The number of halogens is 1. The Kier molecular flexibility index (Phi) is 2.93. The van der Waals surface area contributed by atoms with Gasteiger partial charge in [0.05, 0.1) is 0 Å². The Morgan fingerprint density at radius 1 is 1.73 bits per heavy atom. The predicted molar refractivity (Wildman–Crippen MR) is 42.3 cm³/mol. The third-order valence-corrected chi connectivity index (χ3v) is 2.74. The van der Waals surface area contributed by atoms with Gasteiger partial charge in [0.15, 0.2) is 0 Å². The molecule has 0 aromatic carbocycles. The summed E-state index contributed by atoms with van der Waals surface area (Å²) < 4.78 is 12.4. The Balaban J connectivity index is 2.49. The maximum atomic E-state index is 12.4. The van der Waals surface area contributed by atoms with E-state index in [1.54, 1.807) is 11.8 Å². The molecule has 0 radical (unpaired) electrons. The first kappa shape index (κ1) is 8.59. The van der Waals surface area contributed by atoms with E-state index in [4.69, 9.17) is 5.11 Å². The SMILES string of the molecule is O=C(O)C(F)=CC1CCSC1. The molecule has 1 fully saturated rings. The fourth-order valence-electron chi connectivity index (χ4n) is 0.962. The highest BCUT2D eigenvalue weighted by molar-refractivity contribution is 7.99. The lowest BCUT2D eigenvalue weighted by molar-refractivity contribution is -0.134. The van der Waals surface area contributed by atoms with Crippen LogP contribution in [0.3, 0.4) is 0 Å². The van der Waals surface area contributed by atoms with Crippen LogP contribution in [-0.2, 0) is 4.79 Å². The van der Waals surface area contributed by atoms with Gasteiger partial charge in [-0.3, -0.25) is 0 Å². The molecular weight excluding hydrogens is 167 g/mol. The monoisotopic (exact) mass is 176 g/mol. The minimum Gasteiger partial charge on any atom is -0.476 e. The highest BCUT2D eigenvalue weighted by atomic mass is 32.2. The molecule has 0 spiro atoms. The highest BCUT2D eigenvalue weighted by Gasteiger charge is 2.16. The molecule has 1 rings (SSSR count). The molecule has 1 saturated heterocycles. The first-order chi connectivity index (χ1) is 5.20. The van der Waals surface area contributed by atoms with Crippen molar-refractivity contribution < 1.29 is 14.3 Å². The summed E-state index contributed by atoms with van der Waals surface area (Å²) in [6.45, 7) is 0. The Morgan fingerprint density at radius 2 is 2.45 bits per heavy atom. The van der Waals surface area contributed by atoms with Gasteiger partial charge in [0, 0.05) is 0 Å². The topological polar surface area (TPSA) is 37.3 Å². The van der Waals surface area contributed by atoms with E-state index in [0.29, 0.717) is 0 Å². The van der Waals surface area contributed by atoms with Crippen LogP contribution >= 0.6 is 11.8 Å². The fraction of sp³-hybridized carbons (Fsp3) is 0.571. The van der Waals surface area contributed by atoms with Gasteiger partial charge in [-0.1, -0.05) is 0 Å². The lowest BCUT2D eigenvalue weighted by Crippen LogP contribution is -2.00. The van der Waals surface area contributed by atoms with E-state index in [0.717, 1.165) is 17.9 Å². The molecule has 62 valence electrons. The Labute approximate surface area is 68.5 Å². The number of carboxylic acids is 1. The quantitative estimate of drug-likeness (QED) is 0.650. The number of carbonyl (C=O) groups is 1. The van der Waals surface area contributed by atoms with Gasteiger partial charge in [0.25, 0.3) is 0 Å². The summed E-state index contributed by atoms with van der Waals surface area (Å²) in [7, 11) is 0. The predicted octanol–water partition coefficient (Wildman–Crippen LogP) is 1.68. The molecule has 0 aromatic heterocycles. The summed E-state index contributed by atoms with van der Waals surface area (Å²) in [4.78, 5) is 10.0. The number of carboxylic acid groups (broad SMARTS) is 1. The molecule has 0 amide bonds. The van der Waals surface area contributed by atoms with Gasteiger partial charge in [-0.25, -0.2) is 4.79 Å². The van der Waals surface area contributed by atoms with E-state index in [1.165, 1.54) is 6.08 Å². The fourth-order valence-corrected chi connectivity index (χ4v) is 2.16. The summed E-state index contributed by atoms with van der Waals surface area (Å²) in [5.41, 5.74) is 0. The van der Waals surface area contributed by atoms with Crippen molar-refractivity contribution in [2.75, 3.05) is 11.5 Å². The van der Waals surface area contributed by atoms with E-state index in [1.807, 2.05) is 0 Å². The van der Waals surface area contributed by atoms with Crippen molar-refractivity contribution in [3.05, 3.63) is 11.9 Å². The Bertz CT molecular complexity index is 185.